The first-order valence-corrected chi connectivity index (χ1v) is 8.30. The van der Waals surface area contributed by atoms with Crippen LogP contribution < -0.4 is 10.1 Å². The van der Waals surface area contributed by atoms with Crippen LogP contribution >= 0.6 is 11.6 Å². The van der Waals surface area contributed by atoms with Gasteiger partial charge in [-0.1, -0.05) is 36.9 Å². The number of ether oxygens (including phenoxy) is 2. The fourth-order valence-corrected chi connectivity index (χ4v) is 2.71. The lowest BCUT2D eigenvalue weighted by Crippen LogP contribution is -2.39. The molecule has 1 aliphatic rings. The molecule has 130 valence electrons. The molecule has 1 N–H and O–H groups in total. The third-order valence-electron chi connectivity index (χ3n) is 3.76. The zero-order valence-electron chi connectivity index (χ0n) is 13.3. The van der Waals surface area contributed by atoms with E-state index in [1.165, 1.54) is 0 Å². The van der Waals surface area contributed by atoms with E-state index in [4.69, 9.17) is 21.1 Å². The number of hydrogen-bond donors (Lipinski definition) is 1. The lowest BCUT2D eigenvalue weighted by molar-refractivity contribution is -0.151. The zero-order chi connectivity index (χ0) is 17.4. The molecule has 6 nitrogen and oxygen atoms in total. The van der Waals surface area contributed by atoms with E-state index in [9.17, 15) is 14.4 Å². The van der Waals surface area contributed by atoms with Crippen molar-refractivity contribution in [3.05, 3.63) is 29.3 Å². The molecule has 0 spiro atoms. The molecule has 0 atom stereocenters. The van der Waals surface area contributed by atoms with Crippen molar-refractivity contribution in [1.82, 2.24) is 5.32 Å². The molecule has 0 saturated heterocycles. The molecule has 0 aliphatic heterocycles. The van der Waals surface area contributed by atoms with Crippen LogP contribution in [0.5, 0.6) is 5.75 Å². The topological polar surface area (TPSA) is 81.7 Å². The third kappa shape index (κ3) is 6.20. The van der Waals surface area contributed by atoms with Crippen LogP contribution in [0.3, 0.4) is 0 Å². The number of imide groups is 1. The highest BCUT2D eigenvalue weighted by Crippen LogP contribution is 2.23. The van der Waals surface area contributed by atoms with Gasteiger partial charge in [0.15, 0.2) is 13.2 Å². The highest BCUT2D eigenvalue weighted by Gasteiger charge is 2.22. The minimum atomic E-state index is -0.699. The maximum Gasteiger partial charge on any atom is 0.344 e. The summed E-state index contributed by atoms with van der Waals surface area (Å²) in [5, 5.41) is 2.76. The maximum absolute atomic E-state index is 11.9. The van der Waals surface area contributed by atoms with Crippen LogP contribution in [0.15, 0.2) is 24.3 Å². The summed E-state index contributed by atoms with van der Waals surface area (Å²) in [5.41, 5.74) is 0. The average molecular weight is 354 g/mol. The summed E-state index contributed by atoms with van der Waals surface area (Å²) >= 11 is 5.79. The monoisotopic (exact) mass is 353 g/mol. The van der Waals surface area contributed by atoms with E-state index >= 15 is 0 Å². The second-order valence-corrected chi connectivity index (χ2v) is 6.09. The summed E-state index contributed by atoms with van der Waals surface area (Å²) in [6.07, 6.45) is 4.73. The van der Waals surface area contributed by atoms with Crippen molar-refractivity contribution in [3.63, 3.8) is 0 Å². The Bertz CT molecular complexity index is 598. The third-order valence-corrected chi connectivity index (χ3v) is 3.99. The lowest BCUT2D eigenvalue weighted by Gasteiger charge is -2.20. The predicted molar refractivity (Wildman–Crippen MR) is 87.6 cm³/mol. The number of amides is 2. The lowest BCUT2D eigenvalue weighted by atomic mass is 9.89. The van der Waals surface area contributed by atoms with Crippen molar-refractivity contribution in [3.8, 4) is 5.75 Å². The van der Waals surface area contributed by atoms with Crippen LogP contribution in [0.2, 0.25) is 5.02 Å². The number of esters is 1. The predicted octanol–water partition coefficient (Wildman–Crippen LogP) is 2.49. The molecular weight excluding hydrogens is 334 g/mol. The molecule has 1 saturated carbocycles. The summed E-state index contributed by atoms with van der Waals surface area (Å²) in [7, 11) is 0. The molecule has 1 aromatic rings. The van der Waals surface area contributed by atoms with Crippen molar-refractivity contribution in [2.45, 2.75) is 32.1 Å². The number of halogens is 1. The summed E-state index contributed by atoms with van der Waals surface area (Å²) < 4.78 is 9.98. The first-order valence-electron chi connectivity index (χ1n) is 7.92. The van der Waals surface area contributed by atoms with Crippen molar-refractivity contribution in [2.75, 3.05) is 13.2 Å². The zero-order valence-corrected chi connectivity index (χ0v) is 14.0. The maximum atomic E-state index is 11.9. The quantitative estimate of drug-likeness (QED) is 0.794. The smallest absolute Gasteiger partial charge is 0.344 e. The van der Waals surface area contributed by atoms with E-state index in [0.717, 1.165) is 32.1 Å². The van der Waals surface area contributed by atoms with Crippen LogP contribution in [0.1, 0.15) is 32.1 Å². The van der Waals surface area contributed by atoms with Gasteiger partial charge in [0, 0.05) is 10.9 Å². The van der Waals surface area contributed by atoms with Gasteiger partial charge >= 0.3 is 5.97 Å². The number of rotatable bonds is 6. The van der Waals surface area contributed by atoms with Crippen LogP contribution in [0.25, 0.3) is 0 Å². The summed E-state index contributed by atoms with van der Waals surface area (Å²) in [5.74, 6) is -1.30. The van der Waals surface area contributed by atoms with Gasteiger partial charge in [-0.2, -0.15) is 0 Å². The molecule has 24 heavy (non-hydrogen) atoms. The second kappa shape index (κ2) is 9.27. The van der Waals surface area contributed by atoms with Crippen molar-refractivity contribution in [2.24, 2.45) is 5.92 Å². The van der Waals surface area contributed by atoms with Crippen LogP contribution in [-0.4, -0.2) is 31.0 Å². The van der Waals surface area contributed by atoms with Crippen LogP contribution in [-0.2, 0) is 19.1 Å². The molecule has 2 rings (SSSR count). The van der Waals surface area contributed by atoms with Crippen molar-refractivity contribution >= 4 is 29.4 Å². The van der Waals surface area contributed by atoms with Gasteiger partial charge in [0.2, 0.25) is 5.91 Å². The summed E-state index contributed by atoms with van der Waals surface area (Å²) in [6.45, 7) is -0.847. The Morgan fingerprint density at radius 2 is 1.88 bits per heavy atom. The summed E-state index contributed by atoms with van der Waals surface area (Å²) in [6, 6.07) is 6.58. The van der Waals surface area contributed by atoms with E-state index in [1.807, 2.05) is 0 Å². The van der Waals surface area contributed by atoms with E-state index in [-0.39, 0.29) is 18.4 Å². The Morgan fingerprint density at radius 1 is 1.12 bits per heavy atom. The Hall–Kier alpha value is -2.08. The van der Waals surface area contributed by atoms with Gasteiger partial charge in [0.1, 0.15) is 5.75 Å². The molecule has 1 aliphatic carbocycles. The summed E-state index contributed by atoms with van der Waals surface area (Å²) in [4.78, 5) is 35.1. The molecular formula is C17H20ClNO5. The van der Waals surface area contributed by atoms with E-state index in [2.05, 4.69) is 5.32 Å². The van der Waals surface area contributed by atoms with E-state index in [1.54, 1.807) is 24.3 Å². The molecule has 0 aromatic heterocycles. The Labute approximate surface area is 145 Å². The van der Waals surface area contributed by atoms with Crippen LogP contribution in [0.4, 0.5) is 0 Å². The first kappa shape index (κ1) is 18.3. The number of hydrogen-bond acceptors (Lipinski definition) is 5. The fraction of sp³-hybridized carbons (Fsp3) is 0.471. The number of benzene rings is 1. The fourth-order valence-electron chi connectivity index (χ4n) is 2.53. The molecule has 0 heterocycles. The van der Waals surface area contributed by atoms with Gasteiger partial charge in [-0.3, -0.25) is 14.9 Å². The largest absolute Gasteiger partial charge is 0.482 e. The molecule has 2 amide bonds. The molecule has 1 fully saturated rings. The second-order valence-electron chi connectivity index (χ2n) is 5.65. The van der Waals surface area contributed by atoms with Crippen molar-refractivity contribution < 1.29 is 23.9 Å². The SMILES string of the molecule is O=C(COC(=O)COc1cccc(Cl)c1)NC(=O)C1CCCCC1. The number of carbonyl (C=O) groups excluding carboxylic acids is 3. The first-order chi connectivity index (χ1) is 11.5. The highest BCUT2D eigenvalue weighted by molar-refractivity contribution is 6.30. The molecule has 1 aromatic carbocycles. The Morgan fingerprint density at radius 3 is 2.58 bits per heavy atom. The minimum Gasteiger partial charge on any atom is -0.482 e. The minimum absolute atomic E-state index is 0.121. The highest BCUT2D eigenvalue weighted by atomic mass is 35.5. The average Bonchev–Trinajstić information content (AvgIpc) is 2.59. The Kier molecular flexibility index (Phi) is 7.06. The molecule has 0 bridgehead atoms. The van der Waals surface area contributed by atoms with Gasteiger partial charge in [-0.15, -0.1) is 0 Å². The molecule has 0 unspecified atom stereocenters. The normalized spacial score (nSPS) is 14.7. The van der Waals surface area contributed by atoms with E-state index in [0.29, 0.717) is 10.8 Å². The standard InChI is InChI=1S/C17H20ClNO5/c18-13-7-4-8-14(9-13)23-11-16(21)24-10-15(20)19-17(22)12-5-2-1-3-6-12/h4,7-9,12H,1-3,5-6,10-11H2,(H,19,20,22). The number of carbonyl (C=O) groups is 3. The Balaban J connectivity index is 1.65. The molecule has 7 heteroatoms. The van der Waals surface area contributed by atoms with E-state index < -0.39 is 18.5 Å². The van der Waals surface area contributed by atoms with Crippen LogP contribution in [0, 0.1) is 5.92 Å². The van der Waals surface area contributed by atoms with Gasteiger partial charge in [-0.05, 0) is 31.0 Å². The van der Waals surface area contributed by atoms with Gasteiger partial charge in [0.25, 0.3) is 5.91 Å². The van der Waals surface area contributed by atoms with Gasteiger partial charge < -0.3 is 9.47 Å². The molecule has 0 radical (unpaired) electrons. The van der Waals surface area contributed by atoms with Gasteiger partial charge in [-0.25, -0.2) is 4.79 Å². The van der Waals surface area contributed by atoms with Gasteiger partial charge in [0.05, 0.1) is 0 Å². The van der Waals surface area contributed by atoms with Crippen molar-refractivity contribution in [1.29, 1.82) is 0 Å². The number of nitrogens with one attached hydrogen (secondary N) is 1.